The van der Waals surface area contributed by atoms with Crippen LogP contribution in [-0.4, -0.2) is 31.1 Å². The van der Waals surface area contributed by atoms with Crippen LogP contribution in [0.4, 0.5) is 0 Å². The number of carbonyl (C=O) groups is 2. The van der Waals surface area contributed by atoms with E-state index in [9.17, 15) is 9.59 Å². The zero-order valence-corrected chi connectivity index (χ0v) is 9.95. The number of methoxy groups -OCH3 is 2. The van der Waals surface area contributed by atoms with Crippen molar-refractivity contribution in [1.29, 1.82) is 0 Å². The van der Waals surface area contributed by atoms with Crippen LogP contribution < -0.4 is 0 Å². The molecule has 0 aliphatic carbocycles. The van der Waals surface area contributed by atoms with Gasteiger partial charge in [-0.3, -0.25) is 9.59 Å². The molecule has 0 bridgehead atoms. The molecule has 1 unspecified atom stereocenters. The Labute approximate surface area is 97.4 Å². The lowest BCUT2D eigenvalue weighted by atomic mass is 10.0. The molecule has 1 aromatic rings. The maximum absolute atomic E-state index is 11.4. The summed E-state index contributed by atoms with van der Waals surface area (Å²) < 4.78 is 9.17. The summed E-state index contributed by atoms with van der Waals surface area (Å²) >= 11 is 1.44. The highest BCUT2D eigenvalue weighted by Gasteiger charge is 2.24. The molecule has 1 rings (SSSR count). The number of rotatable bonds is 5. The number of nitrogens with zero attached hydrogens (tertiary/aromatic N) is 1. The van der Waals surface area contributed by atoms with E-state index >= 15 is 0 Å². The van der Waals surface area contributed by atoms with Crippen LogP contribution >= 0.6 is 11.3 Å². The van der Waals surface area contributed by atoms with E-state index in [1.54, 1.807) is 6.20 Å². The van der Waals surface area contributed by atoms with E-state index in [2.05, 4.69) is 14.5 Å². The summed E-state index contributed by atoms with van der Waals surface area (Å²) in [6.45, 7) is 0. The molecule has 88 valence electrons. The van der Waals surface area contributed by atoms with Gasteiger partial charge < -0.3 is 9.47 Å². The average Bonchev–Trinajstić information content (AvgIpc) is 2.79. The van der Waals surface area contributed by atoms with Crippen molar-refractivity contribution in [3.8, 4) is 0 Å². The van der Waals surface area contributed by atoms with Crippen molar-refractivity contribution in [3.63, 3.8) is 0 Å². The summed E-state index contributed by atoms with van der Waals surface area (Å²) in [5.74, 6) is -1.36. The summed E-state index contributed by atoms with van der Waals surface area (Å²) in [6, 6.07) is 0. The third kappa shape index (κ3) is 3.62. The minimum Gasteiger partial charge on any atom is -0.469 e. The minimum atomic E-state index is -0.524. The second-order valence-electron chi connectivity index (χ2n) is 3.13. The molecule has 1 aromatic heterocycles. The van der Waals surface area contributed by atoms with Crippen LogP contribution in [0.3, 0.4) is 0 Å². The topological polar surface area (TPSA) is 65.5 Å². The molecule has 0 saturated heterocycles. The SMILES string of the molecule is COC(=O)CC(Cc1nccs1)C(=O)OC. The first kappa shape index (κ1) is 12.6. The molecule has 0 N–H and O–H groups in total. The van der Waals surface area contributed by atoms with Gasteiger partial charge in [0.2, 0.25) is 0 Å². The van der Waals surface area contributed by atoms with Gasteiger partial charge in [0.25, 0.3) is 0 Å². The molecule has 0 spiro atoms. The van der Waals surface area contributed by atoms with Gasteiger partial charge >= 0.3 is 11.9 Å². The second kappa shape index (κ2) is 6.22. The van der Waals surface area contributed by atoms with Gasteiger partial charge in [-0.05, 0) is 0 Å². The molecule has 0 aliphatic heterocycles. The number of carbonyl (C=O) groups excluding carboxylic acids is 2. The number of hydrogen-bond donors (Lipinski definition) is 0. The van der Waals surface area contributed by atoms with Gasteiger partial charge in [0, 0.05) is 18.0 Å². The summed E-state index contributed by atoms with van der Waals surface area (Å²) in [6.07, 6.45) is 2.08. The summed E-state index contributed by atoms with van der Waals surface area (Å²) in [4.78, 5) is 26.6. The van der Waals surface area contributed by atoms with Crippen molar-refractivity contribution in [3.05, 3.63) is 16.6 Å². The number of aromatic nitrogens is 1. The van der Waals surface area contributed by atoms with Gasteiger partial charge in [-0.2, -0.15) is 0 Å². The molecule has 0 saturated carbocycles. The zero-order valence-electron chi connectivity index (χ0n) is 9.13. The molecule has 0 radical (unpaired) electrons. The van der Waals surface area contributed by atoms with Crippen LogP contribution in [0.15, 0.2) is 11.6 Å². The molecule has 5 nitrogen and oxygen atoms in total. The first-order valence-corrected chi connectivity index (χ1v) is 5.58. The number of hydrogen-bond acceptors (Lipinski definition) is 6. The van der Waals surface area contributed by atoms with Crippen LogP contribution in [-0.2, 0) is 25.5 Å². The van der Waals surface area contributed by atoms with Gasteiger partial charge in [-0.15, -0.1) is 11.3 Å². The molecule has 16 heavy (non-hydrogen) atoms. The van der Waals surface area contributed by atoms with Crippen LogP contribution in [0.1, 0.15) is 11.4 Å². The van der Waals surface area contributed by atoms with Crippen LogP contribution in [0.5, 0.6) is 0 Å². The zero-order chi connectivity index (χ0) is 12.0. The Balaban J connectivity index is 2.64. The normalized spacial score (nSPS) is 11.9. The monoisotopic (exact) mass is 243 g/mol. The van der Waals surface area contributed by atoms with E-state index in [4.69, 9.17) is 0 Å². The van der Waals surface area contributed by atoms with Crippen molar-refractivity contribution in [2.45, 2.75) is 12.8 Å². The maximum atomic E-state index is 11.4. The van der Waals surface area contributed by atoms with Crippen LogP contribution in [0.2, 0.25) is 0 Å². The average molecular weight is 243 g/mol. The quantitative estimate of drug-likeness (QED) is 0.723. The maximum Gasteiger partial charge on any atom is 0.309 e. The van der Waals surface area contributed by atoms with Crippen molar-refractivity contribution >= 4 is 23.3 Å². The Morgan fingerprint density at radius 1 is 1.44 bits per heavy atom. The predicted molar refractivity (Wildman–Crippen MR) is 58.0 cm³/mol. The Morgan fingerprint density at radius 2 is 2.19 bits per heavy atom. The Hall–Kier alpha value is -1.43. The third-order valence-corrected chi connectivity index (χ3v) is 2.88. The predicted octanol–water partition coefficient (Wildman–Crippen LogP) is 1.04. The highest BCUT2D eigenvalue weighted by molar-refractivity contribution is 7.09. The van der Waals surface area contributed by atoms with Crippen LogP contribution in [0.25, 0.3) is 0 Å². The van der Waals surface area contributed by atoms with Crippen molar-refractivity contribution in [2.24, 2.45) is 5.92 Å². The van der Waals surface area contributed by atoms with Crippen LogP contribution in [0, 0.1) is 5.92 Å². The van der Waals surface area contributed by atoms with E-state index in [0.29, 0.717) is 6.42 Å². The van der Waals surface area contributed by atoms with E-state index in [0.717, 1.165) is 5.01 Å². The Morgan fingerprint density at radius 3 is 2.69 bits per heavy atom. The Bertz CT molecular complexity index is 350. The first-order valence-electron chi connectivity index (χ1n) is 4.70. The minimum absolute atomic E-state index is 0.0166. The van der Waals surface area contributed by atoms with E-state index in [1.165, 1.54) is 25.6 Å². The standard InChI is InChI=1S/C10H13NO4S/c1-14-9(12)6-7(10(13)15-2)5-8-11-3-4-16-8/h3-4,7H,5-6H2,1-2H3. The summed E-state index contributed by atoms with van der Waals surface area (Å²) in [5.41, 5.74) is 0. The largest absolute Gasteiger partial charge is 0.469 e. The first-order chi connectivity index (χ1) is 7.67. The van der Waals surface area contributed by atoms with Crippen molar-refractivity contribution < 1.29 is 19.1 Å². The molecule has 0 amide bonds. The van der Waals surface area contributed by atoms with Gasteiger partial charge in [0.1, 0.15) is 0 Å². The highest BCUT2D eigenvalue weighted by atomic mass is 32.1. The molecule has 6 heteroatoms. The lowest BCUT2D eigenvalue weighted by Crippen LogP contribution is -2.22. The molecule has 0 fully saturated rings. The number of thiazole rings is 1. The van der Waals surface area contributed by atoms with Crippen molar-refractivity contribution in [1.82, 2.24) is 4.98 Å². The smallest absolute Gasteiger partial charge is 0.309 e. The lowest BCUT2D eigenvalue weighted by Gasteiger charge is -2.11. The van der Waals surface area contributed by atoms with Gasteiger partial charge in [-0.1, -0.05) is 0 Å². The fraction of sp³-hybridized carbons (Fsp3) is 0.500. The van der Waals surface area contributed by atoms with Crippen molar-refractivity contribution in [2.75, 3.05) is 14.2 Å². The summed E-state index contributed by atoms with van der Waals surface area (Å²) in [7, 11) is 2.59. The second-order valence-corrected chi connectivity index (χ2v) is 4.11. The molecule has 1 atom stereocenters. The van der Waals surface area contributed by atoms with E-state index < -0.39 is 17.9 Å². The lowest BCUT2D eigenvalue weighted by molar-refractivity contribution is -0.151. The molecule has 0 aliphatic rings. The fourth-order valence-electron chi connectivity index (χ4n) is 1.25. The molecular weight excluding hydrogens is 230 g/mol. The third-order valence-electron chi connectivity index (χ3n) is 2.08. The van der Waals surface area contributed by atoms with Gasteiger partial charge in [0.15, 0.2) is 0 Å². The van der Waals surface area contributed by atoms with Gasteiger partial charge in [0.05, 0.1) is 31.6 Å². The Kier molecular flexibility index (Phi) is 4.91. The number of esters is 2. The van der Waals surface area contributed by atoms with E-state index in [1.807, 2.05) is 5.38 Å². The molecule has 0 aromatic carbocycles. The highest BCUT2D eigenvalue weighted by Crippen LogP contribution is 2.16. The van der Waals surface area contributed by atoms with Gasteiger partial charge in [-0.25, -0.2) is 4.98 Å². The van der Waals surface area contributed by atoms with E-state index in [-0.39, 0.29) is 6.42 Å². The molecular formula is C10H13NO4S. The molecule has 1 heterocycles. The number of ether oxygens (including phenoxy) is 2. The summed E-state index contributed by atoms with van der Waals surface area (Å²) in [5, 5.41) is 2.63. The fourth-order valence-corrected chi connectivity index (χ4v) is 1.95.